The van der Waals surface area contributed by atoms with E-state index in [4.69, 9.17) is 0 Å². The van der Waals surface area contributed by atoms with Crippen LogP contribution in [0.5, 0.6) is 0 Å². The molecule has 1 aliphatic heterocycles. The van der Waals surface area contributed by atoms with Crippen LogP contribution in [-0.2, 0) is 13.5 Å². The van der Waals surface area contributed by atoms with Gasteiger partial charge in [-0.05, 0) is 18.1 Å². The molecule has 0 spiro atoms. The second-order valence-electron chi connectivity index (χ2n) is 4.39. The average molecular weight is 214 g/mol. The van der Waals surface area contributed by atoms with Crippen molar-refractivity contribution in [3.8, 4) is 0 Å². The van der Waals surface area contributed by atoms with Gasteiger partial charge in [-0.25, -0.2) is 4.57 Å². The fourth-order valence-corrected chi connectivity index (χ4v) is 2.54. The fraction of sp³-hybridized carbons (Fsp3) is 0.308. The summed E-state index contributed by atoms with van der Waals surface area (Å²) >= 11 is 0. The number of aromatic amines is 1. The zero-order chi connectivity index (χ0) is 11.1. The lowest BCUT2D eigenvalue weighted by Crippen LogP contribution is -2.33. The van der Waals surface area contributed by atoms with Gasteiger partial charge in [0.25, 0.3) is 5.82 Å². The van der Waals surface area contributed by atoms with Crippen LogP contribution in [0.2, 0.25) is 0 Å². The van der Waals surface area contributed by atoms with Crippen LogP contribution in [0.25, 0.3) is 0 Å². The second kappa shape index (κ2) is 3.37. The fourth-order valence-electron chi connectivity index (χ4n) is 2.54. The molecule has 0 atom stereocenters. The Hall–Kier alpha value is -1.77. The lowest BCUT2D eigenvalue weighted by Gasteiger charge is -2.14. The van der Waals surface area contributed by atoms with E-state index >= 15 is 0 Å². The highest BCUT2D eigenvalue weighted by molar-refractivity contribution is 5.69. The number of hydrogen-bond acceptors (Lipinski definition) is 1. The maximum absolute atomic E-state index is 3.15. The first-order valence-electron chi connectivity index (χ1n) is 5.66. The third-order valence-electron chi connectivity index (χ3n) is 3.31. The van der Waals surface area contributed by atoms with Gasteiger partial charge < -0.3 is 0 Å². The highest BCUT2D eigenvalue weighted by atomic mass is 15.3. The summed E-state index contributed by atoms with van der Waals surface area (Å²) in [7, 11) is 2.07. The van der Waals surface area contributed by atoms with Crippen molar-refractivity contribution in [2.45, 2.75) is 13.3 Å². The van der Waals surface area contributed by atoms with Crippen LogP contribution in [0.1, 0.15) is 11.1 Å². The van der Waals surface area contributed by atoms with Crippen molar-refractivity contribution < 1.29 is 4.57 Å². The summed E-state index contributed by atoms with van der Waals surface area (Å²) in [5.74, 6) is 1.23. The summed E-state index contributed by atoms with van der Waals surface area (Å²) < 4.78 is 2.13. The molecule has 0 radical (unpaired) electrons. The number of rotatable bonds is 1. The van der Waals surface area contributed by atoms with Gasteiger partial charge in [0.1, 0.15) is 11.9 Å². The Labute approximate surface area is 95.3 Å². The number of H-pyrrole nitrogens is 1. The van der Waals surface area contributed by atoms with Crippen molar-refractivity contribution in [2.24, 2.45) is 7.05 Å². The van der Waals surface area contributed by atoms with Gasteiger partial charge >= 0.3 is 0 Å². The zero-order valence-electron chi connectivity index (χ0n) is 9.70. The predicted octanol–water partition coefficient (Wildman–Crippen LogP) is 1.84. The molecule has 3 heteroatoms. The standard InChI is InChI=1S/C13H15N3/c1-10-4-3-5-11-6-7-16(13(10)11)12-8-14-9-15(12)2/h3-5,8-9H,6-7H2,1-2H3/p+1. The monoisotopic (exact) mass is 214 g/mol. The molecule has 2 aromatic rings. The molecule has 0 fully saturated rings. The molecule has 1 N–H and O–H groups in total. The van der Waals surface area contributed by atoms with Crippen molar-refractivity contribution in [1.29, 1.82) is 0 Å². The Morgan fingerprint density at radius 2 is 2.25 bits per heavy atom. The number of nitrogens with one attached hydrogen (secondary N) is 1. The Morgan fingerprint density at radius 3 is 3.00 bits per heavy atom. The van der Waals surface area contributed by atoms with Gasteiger partial charge in [-0.2, -0.15) is 0 Å². The minimum Gasteiger partial charge on any atom is -0.280 e. The van der Waals surface area contributed by atoms with Crippen LogP contribution in [0, 0.1) is 6.92 Å². The molecular weight excluding hydrogens is 198 g/mol. The summed E-state index contributed by atoms with van der Waals surface area (Å²) in [5.41, 5.74) is 4.20. The van der Waals surface area contributed by atoms with Crippen LogP contribution in [-0.4, -0.2) is 11.5 Å². The van der Waals surface area contributed by atoms with E-state index in [1.54, 1.807) is 0 Å². The molecule has 3 nitrogen and oxygen atoms in total. The normalized spacial score (nSPS) is 14.2. The molecule has 2 heterocycles. The molecule has 1 aromatic carbocycles. The van der Waals surface area contributed by atoms with Crippen LogP contribution in [0.3, 0.4) is 0 Å². The van der Waals surface area contributed by atoms with Gasteiger partial charge in [-0.15, -0.1) is 0 Å². The first kappa shape index (κ1) is 9.46. The van der Waals surface area contributed by atoms with E-state index in [2.05, 4.69) is 52.8 Å². The number of imidazole rings is 1. The Balaban J connectivity index is 2.13. The third kappa shape index (κ3) is 1.24. The number of hydrogen-bond donors (Lipinski definition) is 1. The summed E-state index contributed by atoms with van der Waals surface area (Å²) in [6.07, 6.45) is 5.18. The largest absolute Gasteiger partial charge is 0.280 e. The van der Waals surface area contributed by atoms with Gasteiger partial charge in [-0.3, -0.25) is 9.88 Å². The van der Waals surface area contributed by atoms with E-state index in [9.17, 15) is 0 Å². The Morgan fingerprint density at radius 1 is 1.38 bits per heavy atom. The van der Waals surface area contributed by atoms with E-state index in [1.807, 2.05) is 6.33 Å². The predicted molar refractivity (Wildman–Crippen MR) is 63.9 cm³/mol. The molecule has 0 bridgehead atoms. The van der Waals surface area contributed by atoms with Crippen LogP contribution in [0.4, 0.5) is 11.5 Å². The summed E-state index contributed by atoms with van der Waals surface area (Å²) in [6.45, 7) is 3.26. The smallest absolute Gasteiger partial charge is 0.260 e. The molecule has 1 aliphatic rings. The molecule has 0 amide bonds. The number of anilines is 2. The van der Waals surface area contributed by atoms with Crippen molar-refractivity contribution in [1.82, 2.24) is 4.98 Å². The van der Waals surface area contributed by atoms with Gasteiger partial charge in [0, 0.05) is 6.42 Å². The quantitative estimate of drug-likeness (QED) is 0.719. The minimum absolute atomic E-state index is 1.08. The SMILES string of the molecule is Cc1cccc2c1N(c1c[nH]c[n+]1C)CC2. The van der Waals surface area contributed by atoms with Crippen LogP contribution < -0.4 is 9.47 Å². The van der Waals surface area contributed by atoms with Crippen molar-refractivity contribution in [2.75, 3.05) is 11.4 Å². The van der Waals surface area contributed by atoms with Gasteiger partial charge in [0.15, 0.2) is 6.33 Å². The molecule has 82 valence electrons. The Kier molecular flexibility index (Phi) is 1.99. The van der Waals surface area contributed by atoms with Crippen LogP contribution >= 0.6 is 0 Å². The number of para-hydroxylation sites is 1. The topological polar surface area (TPSA) is 22.9 Å². The van der Waals surface area contributed by atoms with Gasteiger partial charge in [-0.1, -0.05) is 18.2 Å². The van der Waals surface area contributed by atoms with E-state index < -0.39 is 0 Å². The first-order chi connectivity index (χ1) is 7.77. The van der Waals surface area contributed by atoms with Crippen molar-refractivity contribution >= 4 is 11.5 Å². The first-order valence-corrected chi connectivity index (χ1v) is 5.66. The number of aryl methyl sites for hydroxylation is 2. The Bertz CT molecular complexity index is 528. The highest BCUT2D eigenvalue weighted by Gasteiger charge is 2.28. The van der Waals surface area contributed by atoms with E-state index in [0.29, 0.717) is 0 Å². The molecule has 3 rings (SSSR count). The molecule has 16 heavy (non-hydrogen) atoms. The number of benzene rings is 1. The second-order valence-corrected chi connectivity index (χ2v) is 4.39. The van der Waals surface area contributed by atoms with Crippen LogP contribution in [0.15, 0.2) is 30.7 Å². The lowest BCUT2D eigenvalue weighted by atomic mass is 10.1. The molecule has 0 unspecified atom stereocenters. The van der Waals surface area contributed by atoms with Crippen molar-refractivity contribution in [3.63, 3.8) is 0 Å². The van der Waals surface area contributed by atoms with E-state index in [0.717, 1.165) is 13.0 Å². The minimum atomic E-state index is 1.08. The molecular formula is C13H16N3+. The number of nitrogens with zero attached hydrogens (tertiary/aromatic N) is 2. The van der Waals surface area contributed by atoms with E-state index in [-0.39, 0.29) is 0 Å². The number of aromatic nitrogens is 2. The average Bonchev–Trinajstić information content (AvgIpc) is 2.84. The zero-order valence-corrected chi connectivity index (χ0v) is 9.70. The summed E-state index contributed by atoms with van der Waals surface area (Å²) in [5, 5.41) is 0. The van der Waals surface area contributed by atoms with Crippen molar-refractivity contribution in [3.05, 3.63) is 41.9 Å². The summed E-state index contributed by atoms with van der Waals surface area (Å²) in [6, 6.07) is 6.56. The third-order valence-corrected chi connectivity index (χ3v) is 3.31. The van der Waals surface area contributed by atoms with Gasteiger partial charge in [0.05, 0.1) is 13.6 Å². The molecule has 0 aliphatic carbocycles. The molecule has 0 saturated carbocycles. The van der Waals surface area contributed by atoms with E-state index in [1.165, 1.54) is 22.6 Å². The molecule has 0 saturated heterocycles. The number of fused-ring (bicyclic) bond motifs is 1. The highest BCUT2D eigenvalue weighted by Crippen LogP contribution is 2.35. The summed E-state index contributed by atoms with van der Waals surface area (Å²) in [4.78, 5) is 5.54. The maximum Gasteiger partial charge on any atom is 0.260 e. The maximum atomic E-state index is 3.15. The van der Waals surface area contributed by atoms with Gasteiger partial charge in [0.2, 0.25) is 0 Å². The molecule has 1 aromatic heterocycles. The lowest BCUT2D eigenvalue weighted by molar-refractivity contribution is -0.657.